The molecule has 6 heteroatoms. The molecular weight excluding hydrogens is 949 g/mol. The van der Waals surface area contributed by atoms with Crippen LogP contribution in [0.3, 0.4) is 0 Å². The Bertz CT molecular complexity index is 1600. The van der Waals surface area contributed by atoms with Gasteiger partial charge in [0.25, 0.3) is 0 Å². The van der Waals surface area contributed by atoms with Crippen LogP contribution in [0.2, 0.25) is 0 Å². The summed E-state index contributed by atoms with van der Waals surface area (Å²) in [5, 5.41) is 0. The number of ether oxygens (including phenoxy) is 3. The first kappa shape index (κ1) is 72.8. The van der Waals surface area contributed by atoms with E-state index in [9.17, 15) is 14.4 Å². The van der Waals surface area contributed by atoms with Crippen LogP contribution in [0.5, 0.6) is 0 Å². The zero-order chi connectivity index (χ0) is 55.7. The van der Waals surface area contributed by atoms with Gasteiger partial charge in [0, 0.05) is 19.3 Å². The Morgan fingerprint density at radius 1 is 0.273 bits per heavy atom. The summed E-state index contributed by atoms with van der Waals surface area (Å²) in [7, 11) is 0. The lowest BCUT2D eigenvalue weighted by atomic mass is 10.1. The topological polar surface area (TPSA) is 78.9 Å². The van der Waals surface area contributed by atoms with Crippen molar-refractivity contribution in [1.29, 1.82) is 0 Å². The number of carbonyl (C=O) groups is 3. The van der Waals surface area contributed by atoms with Crippen LogP contribution < -0.4 is 0 Å². The first-order valence-corrected chi connectivity index (χ1v) is 32.0. The van der Waals surface area contributed by atoms with Crippen LogP contribution in [0.4, 0.5) is 0 Å². The standard InChI is InChI=1S/C71H118O6/c1-4-7-10-13-16-18-20-22-24-26-28-29-30-31-32-33-34-35-36-37-38-39-40-41-42-43-44-46-47-49-51-53-55-58-61-64-70(73)76-67-68(66-75-69(72)63-60-57-15-12-9-6-3)77-71(74)65-62-59-56-54-52-50-48-45-27-25-23-21-19-17-14-11-8-5-2/h7,10,16,18,22,24-25,27-29,31-32,34-35,37-38,40-41,43-44,68H,4-6,8-9,11-15,17,19-21,23,26,30,33,36,39,42,45-67H2,1-3H3/b10-7-,18-16-,24-22-,27-25-,29-28-,32-31-,35-34-,38-37-,41-40-,44-43-. The van der Waals surface area contributed by atoms with Crippen molar-refractivity contribution >= 4 is 17.9 Å². The van der Waals surface area contributed by atoms with Gasteiger partial charge >= 0.3 is 17.9 Å². The molecule has 438 valence electrons. The Morgan fingerprint density at radius 2 is 0.506 bits per heavy atom. The predicted octanol–water partition coefficient (Wildman–Crippen LogP) is 22.0. The van der Waals surface area contributed by atoms with Crippen molar-refractivity contribution in [3.8, 4) is 0 Å². The summed E-state index contributed by atoms with van der Waals surface area (Å²) >= 11 is 0. The Hall–Kier alpha value is -4.19. The van der Waals surface area contributed by atoms with Gasteiger partial charge in [-0.05, 0) is 116 Å². The summed E-state index contributed by atoms with van der Waals surface area (Å²) in [6.07, 6.45) is 89.5. The fraction of sp³-hybridized carbons (Fsp3) is 0.676. The summed E-state index contributed by atoms with van der Waals surface area (Å²) < 4.78 is 16.8. The molecule has 0 rings (SSSR count). The van der Waals surface area contributed by atoms with Crippen molar-refractivity contribution < 1.29 is 28.6 Å². The minimum Gasteiger partial charge on any atom is -0.462 e. The third-order valence-corrected chi connectivity index (χ3v) is 13.5. The smallest absolute Gasteiger partial charge is 0.306 e. The lowest BCUT2D eigenvalue weighted by Gasteiger charge is -2.18. The van der Waals surface area contributed by atoms with Gasteiger partial charge in [0.05, 0.1) is 0 Å². The number of rotatable bonds is 57. The molecule has 0 spiro atoms. The average molecular weight is 1070 g/mol. The van der Waals surface area contributed by atoms with Crippen LogP contribution in [0.15, 0.2) is 122 Å². The normalized spacial score (nSPS) is 12.9. The van der Waals surface area contributed by atoms with Crippen LogP contribution in [-0.2, 0) is 28.6 Å². The molecule has 77 heavy (non-hydrogen) atoms. The molecule has 0 aromatic rings. The van der Waals surface area contributed by atoms with E-state index in [0.717, 1.165) is 122 Å². The predicted molar refractivity (Wildman–Crippen MR) is 334 cm³/mol. The number of hydrogen-bond donors (Lipinski definition) is 0. The van der Waals surface area contributed by atoms with E-state index in [1.54, 1.807) is 0 Å². The van der Waals surface area contributed by atoms with E-state index in [0.29, 0.717) is 19.3 Å². The molecule has 0 fully saturated rings. The lowest BCUT2D eigenvalue weighted by molar-refractivity contribution is -0.167. The van der Waals surface area contributed by atoms with Gasteiger partial charge in [-0.15, -0.1) is 0 Å². The molecule has 0 radical (unpaired) electrons. The van der Waals surface area contributed by atoms with E-state index in [4.69, 9.17) is 14.2 Å². The van der Waals surface area contributed by atoms with Gasteiger partial charge < -0.3 is 14.2 Å². The zero-order valence-electron chi connectivity index (χ0n) is 50.2. The molecule has 0 saturated carbocycles. The summed E-state index contributed by atoms with van der Waals surface area (Å²) in [5.41, 5.74) is 0. The van der Waals surface area contributed by atoms with E-state index in [2.05, 4.69) is 142 Å². The van der Waals surface area contributed by atoms with Gasteiger partial charge in [-0.1, -0.05) is 277 Å². The Morgan fingerprint density at radius 3 is 0.805 bits per heavy atom. The number of carbonyl (C=O) groups excluding carboxylic acids is 3. The van der Waals surface area contributed by atoms with Gasteiger partial charge in [0.2, 0.25) is 0 Å². The van der Waals surface area contributed by atoms with Crippen LogP contribution >= 0.6 is 0 Å². The summed E-state index contributed by atoms with van der Waals surface area (Å²) in [6, 6.07) is 0. The largest absolute Gasteiger partial charge is 0.462 e. The number of allylic oxidation sites excluding steroid dienone is 20. The minimum atomic E-state index is -0.783. The van der Waals surface area contributed by atoms with Gasteiger partial charge in [-0.2, -0.15) is 0 Å². The quantitative estimate of drug-likeness (QED) is 0.0261. The molecule has 0 aliphatic rings. The van der Waals surface area contributed by atoms with Crippen LogP contribution in [0.25, 0.3) is 0 Å². The van der Waals surface area contributed by atoms with E-state index >= 15 is 0 Å². The van der Waals surface area contributed by atoms with Crippen molar-refractivity contribution in [2.24, 2.45) is 0 Å². The third kappa shape index (κ3) is 62.5. The van der Waals surface area contributed by atoms with Crippen molar-refractivity contribution in [1.82, 2.24) is 0 Å². The van der Waals surface area contributed by atoms with Crippen molar-refractivity contribution in [3.05, 3.63) is 122 Å². The first-order chi connectivity index (χ1) is 38.0. The SMILES string of the molecule is CC/C=C\C/C=C\C/C=C\C/C=C\C/C=C\C/C=C\C/C=C\C/C=C\C/C=C\CCCCCCCCCC(=O)OCC(COC(=O)CCCCCCCC)OC(=O)CCCCCCCCC/C=C\CCCCCCCCC. The maximum absolute atomic E-state index is 12.8. The third-order valence-electron chi connectivity index (χ3n) is 13.5. The fourth-order valence-corrected chi connectivity index (χ4v) is 8.67. The highest BCUT2D eigenvalue weighted by Gasteiger charge is 2.19. The average Bonchev–Trinajstić information content (AvgIpc) is 3.43. The molecule has 0 aliphatic heterocycles. The maximum atomic E-state index is 12.8. The summed E-state index contributed by atoms with van der Waals surface area (Å²) in [5.74, 6) is -0.906. The van der Waals surface area contributed by atoms with Crippen LogP contribution in [0, 0.1) is 0 Å². The molecule has 6 nitrogen and oxygen atoms in total. The summed E-state index contributed by atoms with van der Waals surface area (Å²) in [4.78, 5) is 38.0. The highest BCUT2D eigenvalue weighted by Crippen LogP contribution is 2.15. The van der Waals surface area contributed by atoms with E-state index in [1.807, 2.05) is 0 Å². The highest BCUT2D eigenvalue weighted by molar-refractivity contribution is 5.71. The van der Waals surface area contributed by atoms with Gasteiger partial charge in [-0.3, -0.25) is 14.4 Å². The lowest BCUT2D eigenvalue weighted by Crippen LogP contribution is -2.30. The molecule has 1 unspecified atom stereocenters. The van der Waals surface area contributed by atoms with Crippen molar-refractivity contribution in [2.45, 2.75) is 297 Å². The molecule has 0 bridgehead atoms. The second kappa shape index (κ2) is 64.3. The molecule has 0 saturated heterocycles. The number of unbranched alkanes of at least 4 members (excludes halogenated alkanes) is 26. The van der Waals surface area contributed by atoms with Crippen molar-refractivity contribution in [2.75, 3.05) is 13.2 Å². The Balaban J connectivity index is 4.12. The van der Waals surface area contributed by atoms with Crippen LogP contribution in [-0.4, -0.2) is 37.2 Å². The molecular formula is C71H118O6. The Labute approximate surface area is 475 Å². The molecule has 0 aromatic carbocycles. The monoisotopic (exact) mass is 1070 g/mol. The number of hydrogen-bond acceptors (Lipinski definition) is 6. The molecule has 0 N–H and O–H groups in total. The van der Waals surface area contributed by atoms with E-state index in [-0.39, 0.29) is 31.1 Å². The second-order valence-electron chi connectivity index (χ2n) is 20.9. The minimum absolute atomic E-state index is 0.0834. The molecule has 0 heterocycles. The Kier molecular flexibility index (Phi) is 60.8. The van der Waals surface area contributed by atoms with Crippen molar-refractivity contribution in [3.63, 3.8) is 0 Å². The highest BCUT2D eigenvalue weighted by atomic mass is 16.6. The maximum Gasteiger partial charge on any atom is 0.306 e. The van der Waals surface area contributed by atoms with Crippen LogP contribution in [0.1, 0.15) is 290 Å². The number of esters is 3. The van der Waals surface area contributed by atoms with E-state index < -0.39 is 6.10 Å². The van der Waals surface area contributed by atoms with Gasteiger partial charge in [0.15, 0.2) is 6.10 Å². The van der Waals surface area contributed by atoms with E-state index in [1.165, 1.54) is 128 Å². The van der Waals surface area contributed by atoms with Gasteiger partial charge in [-0.25, -0.2) is 0 Å². The fourth-order valence-electron chi connectivity index (χ4n) is 8.67. The molecule has 1 atom stereocenters. The summed E-state index contributed by atoms with van der Waals surface area (Å²) in [6.45, 7) is 6.46. The molecule has 0 aliphatic carbocycles. The first-order valence-electron chi connectivity index (χ1n) is 32.0. The zero-order valence-corrected chi connectivity index (χ0v) is 50.2. The molecule has 0 amide bonds. The van der Waals surface area contributed by atoms with Gasteiger partial charge in [0.1, 0.15) is 13.2 Å². The molecule has 0 aromatic heterocycles. The second-order valence-corrected chi connectivity index (χ2v) is 20.9.